The molecular formula is C21H19Cl2NO2. The van der Waals surface area contributed by atoms with E-state index in [0.717, 1.165) is 23.2 Å². The number of aryl methyl sites for hydroxylation is 2. The fourth-order valence-electron chi connectivity index (χ4n) is 2.99. The number of aromatic hydroxyl groups is 1. The quantitative estimate of drug-likeness (QED) is 0.654. The number of nitrogens with zero attached hydrogens (tertiary/aromatic N) is 1. The van der Waals surface area contributed by atoms with Crippen LogP contribution in [0.1, 0.15) is 16.8 Å². The molecule has 0 aliphatic heterocycles. The number of phenols is 1. The van der Waals surface area contributed by atoms with Gasteiger partial charge in [-0.05, 0) is 48.6 Å². The largest absolute Gasteiger partial charge is 0.508 e. The van der Waals surface area contributed by atoms with Crippen LogP contribution in [-0.4, -0.2) is 9.67 Å². The van der Waals surface area contributed by atoms with Gasteiger partial charge in [0.15, 0.2) is 0 Å². The first kappa shape index (κ1) is 18.6. The highest BCUT2D eigenvalue weighted by molar-refractivity contribution is 6.34. The van der Waals surface area contributed by atoms with E-state index in [0.29, 0.717) is 24.4 Å². The van der Waals surface area contributed by atoms with E-state index in [1.165, 1.54) is 6.07 Å². The second kappa shape index (κ2) is 8.43. The molecule has 3 nitrogen and oxygen atoms in total. The van der Waals surface area contributed by atoms with Crippen LogP contribution < -0.4 is 5.56 Å². The van der Waals surface area contributed by atoms with E-state index in [2.05, 4.69) is 0 Å². The molecule has 0 bridgehead atoms. The van der Waals surface area contributed by atoms with Crippen molar-refractivity contribution in [3.63, 3.8) is 0 Å². The Labute approximate surface area is 162 Å². The van der Waals surface area contributed by atoms with Crippen molar-refractivity contribution in [3.8, 4) is 5.75 Å². The van der Waals surface area contributed by atoms with Gasteiger partial charge in [-0.1, -0.05) is 65.7 Å². The summed E-state index contributed by atoms with van der Waals surface area (Å²) < 4.78 is 1.67. The maximum absolute atomic E-state index is 12.6. The minimum absolute atomic E-state index is 0.129. The zero-order valence-corrected chi connectivity index (χ0v) is 15.7. The van der Waals surface area contributed by atoms with Crippen LogP contribution in [0.2, 0.25) is 10.0 Å². The van der Waals surface area contributed by atoms with Gasteiger partial charge in [-0.15, -0.1) is 0 Å². The number of rotatable bonds is 6. The number of pyridine rings is 1. The summed E-state index contributed by atoms with van der Waals surface area (Å²) in [4.78, 5) is 12.6. The van der Waals surface area contributed by atoms with Gasteiger partial charge in [0.1, 0.15) is 10.8 Å². The average molecular weight is 388 g/mol. The maximum Gasteiger partial charge on any atom is 0.269 e. The molecule has 3 rings (SSSR count). The Kier molecular flexibility index (Phi) is 6.02. The zero-order valence-electron chi connectivity index (χ0n) is 14.2. The Bertz CT molecular complexity index is 952. The van der Waals surface area contributed by atoms with Crippen LogP contribution in [-0.2, 0) is 25.8 Å². The van der Waals surface area contributed by atoms with Gasteiger partial charge < -0.3 is 9.67 Å². The summed E-state index contributed by atoms with van der Waals surface area (Å²) in [6.45, 7) is 0.512. The standard InChI is InChI=1S/C21H19Cl2NO2/c22-18-14-19(23)21(26)24(12-11-15-5-2-1-3-6-15)20(18)10-9-16-7-4-8-17(25)13-16/h1-8,13-14,25H,9-12H2. The third-order valence-electron chi connectivity index (χ3n) is 4.33. The summed E-state index contributed by atoms with van der Waals surface area (Å²) in [6.07, 6.45) is 1.97. The number of halogens is 2. The number of hydrogen-bond donors (Lipinski definition) is 1. The van der Waals surface area contributed by atoms with Gasteiger partial charge in [0.2, 0.25) is 0 Å². The SMILES string of the molecule is O=c1c(Cl)cc(Cl)c(CCc2cccc(O)c2)n1CCc1ccccc1. The molecule has 1 heterocycles. The molecule has 3 aromatic rings. The summed E-state index contributed by atoms with van der Waals surface area (Å²) in [5, 5.41) is 10.2. The monoisotopic (exact) mass is 387 g/mol. The lowest BCUT2D eigenvalue weighted by atomic mass is 10.1. The van der Waals surface area contributed by atoms with Crippen molar-refractivity contribution < 1.29 is 5.11 Å². The highest BCUT2D eigenvalue weighted by atomic mass is 35.5. The van der Waals surface area contributed by atoms with Gasteiger partial charge in [0.25, 0.3) is 5.56 Å². The molecule has 0 aliphatic carbocycles. The van der Waals surface area contributed by atoms with Gasteiger partial charge in [-0.25, -0.2) is 0 Å². The summed E-state index contributed by atoms with van der Waals surface area (Å²) in [7, 11) is 0. The highest BCUT2D eigenvalue weighted by Gasteiger charge is 2.13. The second-order valence-corrected chi connectivity index (χ2v) is 6.96. The molecule has 0 radical (unpaired) electrons. The lowest BCUT2D eigenvalue weighted by molar-refractivity contribution is 0.474. The molecule has 0 atom stereocenters. The van der Waals surface area contributed by atoms with Gasteiger partial charge in [-0.2, -0.15) is 0 Å². The fraction of sp³-hybridized carbons (Fsp3) is 0.190. The van der Waals surface area contributed by atoms with Crippen molar-refractivity contribution >= 4 is 23.2 Å². The predicted molar refractivity (Wildman–Crippen MR) is 106 cm³/mol. The Morgan fingerprint density at radius 2 is 1.54 bits per heavy atom. The highest BCUT2D eigenvalue weighted by Crippen LogP contribution is 2.21. The molecule has 26 heavy (non-hydrogen) atoms. The fourth-order valence-corrected chi connectivity index (χ4v) is 3.56. The van der Waals surface area contributed by atoms with Crippen LogP contribution in [0.4, 0.5) is 0 Å². The molecule has 0 fully saturated rings. The normalized spacial score (nSPS) is 10.8. The van der Waals surface area contributed by atoms with Crippen LogP contribution in [0.15, 0.2) is 65.5 Å². The van der Waals surface area contributed by atoms with Crippen molar-refractivity contribution in [1.29, 1.82) is 0 Å². The molecule has 2 aromatic carbocycles. The topological polar surface area (TPSA) is 42.2 Å². The molecule has 0 saturated carbocycles. The van der Waals surface area contributed by atoms with Gasteiger partial charge in [0.05, 0.1) is 5.02 Å². The van der Waals surface area contributed by atoms with Crippen molar-refractivity contribution in [3.05, 3.63) is 97.9 Å². The molecule has 5 heteroatoms. The summed E-state index contributed by atoms with van der Waals surface area (Å²) in [5.41, 5.74) is 2.67. The molecule has 0 saturated heterocycles. The summed E-state index contributed by atoms with van der Waals surface area (Å²) in [6, 6.07) is 18.6. The van der Waals surface area contributed by atoms with Crippen LogP contribution >= 0.6 is 23.2 Å². The molecule has 0 spiro atoms. The number of aromatic nitrogens is 1. The maximum atomic E-state index is 12.6. The van der Waals surface area contributed by atoms with E-state index in [1.807, 2.05) is 36.4 Å². The Morgan fingerprint density at radius 3 is 2.27 bits per heavy atom. The zero-order chi connectivity index (χ0) is 18.5. The molecule has 0 amide bonds. The van der Waals surface area contributed by atoms with E-state index in [4.69, 9.17) is 23.2 Å². The van der Waals surface area contributed by atoms with Gasteiger partial charge in [-0.3, -0.25) is 4.79 Å². The van der Waals surface area contributed by atoms with Gasteiger partial charge in [0, 0.05) is 12.2 Å². The van der Waals surface area contributed by atoms with E-state index in [-0.39, 0.29) is 16.3 Å². The van der Waals surface area contributed by atoms with Crippen molar-refractivity contribution in [1.82, 2.24) is 4.57 Å². The van der Waals surface area contributed by atoms with Crippen molar-refractivity contribution in [2.75, 3.05) is 0 Å². The minimum Gasteiger partial charge on any atom is -0.508 e. The van der Waals surface area contributed by atoms with Crippen molar-refractivity contribution in [2.45, 2.75) is 25.8 Å². The van der Waals surface area contributed by atoms with Crippen LogP contribution in [0.5, 0.6) is 5.75 Å². The first-order valence-electron chi connectivity index (χ1n) is 8.44. The minimum atomic E-state index is -0.224. The van der Waals surface area contributed by atoms with Crippen LogP contribution in [0.25, 0.3) is 0 Å². The number of benzene rings is 2. The summed E-state index contributed by atoms with van der Waals surface area (Å²) in [5.74, 6) is 0.228. The average Bonchev–Trinajstić information content (AvgIpc) is 2.63. The van der Waals surface area contributed by atoms with E-state index >= 15 is 0 Å². The predicted octanol–water partition coefficient (Wildman–Crippen LogP) is 4.89. The first-order chi connectivity index (χ1) is 12.5. The Balaban J connectivity index is 1.85. The van der Waals surface area contributed by atoms with E-state index < -0.39 is 0 Å². The van der Waals surface area contributed by atoms with Crippen molar-refractivity contribution in [2.24, 2.45) is 0 Å². The van der Waals surface area contributed by atoms with Crippen LogP contribution in [0.3, 0.4) is 0 Å². The Hall–Kier alpha value is -2.23. The molecule has 0 aliphatic rings. The molecule has 134 valence electrons. The number of phenolic OH excluding ortho intramolecular Hbond substituents is 1. The smallest absolute Gasteiger partial charge is 0.269 e. The lowest BCUT2D eigenvalue weighted by Crippen LogP contribution is -2.25. The lowest BCUT2D eigenvalue weighted by Gasteiger charge is -2.15. The first-order valence-corrected chi connectivity index (χ1v) is 9.20. The molecule has 1 N–H and O–H groups in total. The van der Waals surface area contributed by atoms with Crippen LogP contribution in [0, 0.1) is 0 Å². The summed E-state index contributed by atoms with van der Waals surface area (Å²) >= 11 is 12.5. The molecule has 1 aromatic heterocycles. The third-order valence-corrected chi connectivity index (χ3v) is 4.93. The number of hydrogen-bond acceptors (Lipinski definition) is 2. The molecular weight excluding hydrogens is 369 g/mol. The second-order valence-electron chi connectivity index (χ2n) is 6.15. The third kappa shape index (κ3) is 4.48. The van der Waals surface area contributed by atoms with E-state index in [1.54, 1.807) is 22.8 Å². The van der Waals surface area contributed by atoms with E-state index in [9.17, 15) is 9.90 Å². The van der Waals surface area contributed by atoms with Gasteiger partial charge >= 0.3 is 0 Å². The molecule has 0 unspecified atom stereocenters. The Morgan fingerprint density at radius 1 is 0.808 bits per heavy atom.